The molecule has 10 heteroatoms. The van der Waals surface area contributed by atoms with Crippen molar-refractivity contribution in [3.05, 3.63) is 83.2 Å². The van der Waals surface area contributed by atoms with Gasteiger partial charge in [-0.2, -0.15) is 0 Å². The number of fused-ring (bicyclic) bond motifs is 1. The number of carbonyl (C=O) groups is 2. The van der Waals surface area contributed by atoms with E-state index in [0.717, 1.165) is 12.3 Å². The van der Waals surface area contributed by atoms with Crippen LogP contribution in [-0.2, 0) is 15.6 Å². The third kappa shape index (κ3) is 5.47. The number of hydrogen-bond donors (Lipinski definition) is 2. The normalized spacial score (nSPS) is 12.3. The van der Waals surface area contributed by atoms with Gasteiger partial charge in [0.05, 0.1) is 11.4 Å². The van der Waals surface area contributed by atoms with E-state index in [1.807, 2.05) is 0 Å². The molecule has 33 heavy (non-hydrogen) atoms. The van der Waals surface area contributed by atoms with Crippen LogP contribution >= 0.6 is 0 Å². The summed E-state index contributed by atoms with van der Waals surface area (Å²) >= 11 is 0. The van der Waals surface area contributed by atoms with E-state index in [4.69, 9.17) is 9.47 Å². The smallest absolute Gasteiger partial charge is 0.255 e. The zero-order valence-corrected chi connectivity index (χ0v) is 18.2. The second-order valence-corrected chi connectivity index (χ2v) is 9.58. The van der Waals surface area contributed by atoms with E-state index in [2.05, 4.69) is 10.6 Å². The Morgan fingerprint density at radius 3 is 2.42 bits per heavy atom. The highest BCUT2D eigenvalue weighted by Gasteiger charge is 2.17. The molecule has 0 radical (unpaired) electrons. The first kappa shape index (κ1) is 22.3. The predicted molar refractivity (Wildman–Crippen MR) is 120 cm³/mol. The van der Waals surface area contributed by atoms with Crippen LogP contribution in [0, 0.1) is 5.82 Å². The summed E-state index contributed by atoms with van der Waals surface area (Å²) in [5.74, 6) is -0.998. The Balaban J connectivity index is 1.49. The fraction of sp³-hybridized carbons (Fsp3) is 0.130. The lowest BCUT2D eigenvalue weighted by Crippen LogP contribution is -2.15. The van der Waals surface area contributed by atoms with Crippen molar-refractivity contribution in [1.82, 2.24) is 0 Å². The molecule has 1 aliphatic heterocycles. The monoisotopic (exact) mass is 470 g/mol. The van der Waals surface area contributed by atoms with Crippen LogP contribution in [0.4, 0.5) is 15.8 Å². The van der Waals surface area contributed by atoms with Crippen LogP contribution in [0.25, 0.3) is 0 Å². The maximum atomic E-state index is 14.3. The van der Waals surface area contributed by atoms with Gasteiger partial charge in [0.1, 0.15) is 5.82 Å². The van der Waals surface area contributed by atoms with E-state index in [1.54, 1.807) is 24.3 Å². The molecule has 0 saturated carbocycles. The van der Waals surface area contributed by atoms with Crippen LogP contribution < -0.4 is 20.1 Å². The topological polar surface area (TPSA) is 111 Å². The molecule has 0 aromatic heterocycles. The maximum Gasteiger partial charge on any atom is 0.255 e. The Hall–Kier alpha value is -3.92. The molecule has 2 N–H and O–H groups in total. The number of carbonyl (C=O) groups excluding carboxylic acids is 2. The molecule has 2 amide bonds. The Bertz CT molecular complexity index is 1360. The van der Waals surface area contributed by atoms with Crippen molar-refractivity contribution in [1.29, 1.82) is 0 Å². The highest BCUT2D eigenvalue weighted by Crippen LogP contribution is 2.32. The second-order valence-electron chi connectivity index (χ2n) is 7.44. The van der Waals surface area contributed by atoms with Gasteiger partial charge >= 0.3 is 0 Å². The SMILES string of the molecule is CS(=O)(=O)Cc1cccc(C(=O)Nc2cc(NC(=O)c3ccc4c(c3)OCO4)ccc2F)c1. The average Bonchev–Trinajstić information content (AvgIpc) is 3.23. The standard InChI is InChI=1S/C23H19FN2O6S/c1-33(29,30)12-14-3-2-4-15(9-14)23(28)26-19-11-17(6-7-18(19)24)25-22(27)16-5-8-20-21(10-16)32-13-31-20/h2-11H,12-13H2,1H3,(H,25,27)(H,26,28). The molecule has 1 aliphatic rings. The van der Waals surface area contributed by atoms with E-state index >= 15 is 0 Å². The molecule has 8 nitrogen and oxygen atoms in total. The number of nitrogens with one attached hydrogen (secondary N) is 2. The minimum Gasteiger partial charge on any atom is -0.454 e. The molecule has 3 aromatic rings. The molecule has 0 atom stereocenters. The van der Waals surface area contributed by atoms with Crippen LogP contribution in [-0.4, -0.2) is 33.3 Å². The van der Waals surface area contributed by atoms with Gasteiger partial charge in [0.25, 0.3) is 11.8 Å². The quantitative estimate of drug-likeness (QED) is 0.570. The van der Waals surface area contributed by atoms with Crippen molar-refractivity contribution in [2.24, 2.45) is 0 Å². The van der Waals surface area contributed by atoms with E-state index < -0.39 is 27.5 Å². The zero-order valence-electron chi connectivity index (χ0n) is 17.4. The van der Waals surface area contributed by atoms with E-state index in [1.165, 1.54) is 30.3 Å². The van der Waals surface area contributed by atoms with Gasteiger partial charge in [-0.1, -0.05) is 12.1 Å². The number of sulfone groups is 1. The van der Waals surface area contributed by atoms with E-state index in [0.29, 0.717) is 22.6 Å². The van der Waals surface area contributed by atoms with Crippen molar-refractivity contribution in [2.45, 2.75) is 5.75 Å². The van der Waals surface area contributed by atoms with Crippen LogP contribution in [0.3, 0.4) is 0 Å². The third-order valence-corrected chi connectivity index (χ3v) is 5.58. The summed E-state index contributed by atoms with van der Waals surface area (Å²) in [6, 6.07) is 14.5. The Labute approximate surface area is 189 Å². The molecule has 0 unspecified atom stereocenters. The summed E-state index contributed by atoms with van der Waals surface area (Å²) in [4.78, 5) is 25.2. The molecule has 4 rings (SSSR count). The molecule has 0 saturated heterocycles. The Morgan fingerprint density at radius 1 is 0.909 bits per heavy atom. The zero-order chi connectivity index (χ0) is 23.6. The van der Waals surface area contributed by atoms with Crippen molar-refractivity contribution in [3.63, 3.8) is 0 Å². The summed E-state index contributed by atoms with van der Waals surface area (Å²) in [5, 5.41) is 5.10. The fourth-order valence-electron chi connectivity index (χ4n) is 3.24. The first-order chi connectivity index (χ1) is 15.7. The van der Waals surface area contributed by atoms with Crippen LogP contribution in [0.1, 0.15) is 26.3 Å². The summed E-state index contributed by atoms with van der Waals surface area (Å²) in [6.07, 6.45) is 1.10. The number of rotatable bonds is 6. The number of amides is 2. The van der Waals surface area contributed by atoms with E-state index in [9.17, 15) is 22.4 Å². The van der Waals surface area contributed by atoms with Gasteiger partial charge in [-0.15, -0.1) is 0 Å². The molecule has 170 valence electrons. The van der Waals surface area contributed by atoms with Crippen LogP contribution in [0.15, 0.2) is 60.7 Å². The number of ether oxygens (including phenoxy) is 2. The molecular formula is C23H19FN2O6S. The number of halogens is 1. The molecule has 3 aromatic carbocycles. The largest absolute Gasteiger partial charge is 0.454 e. The number of benzene rings is 3. The molecule has 0 fully saturated rings. The molecule has 0 bridgehead atoms. The Kier molecular flexibility index (Phi) is 6.01. The first-order valence-corrected chi connectivity index (χ1v) is 11.8. The Morgan fingerprint density at radius 2 is 1.64 bits per heavy atom. The third-order valence-electron chi connectivity index (χ3n) is 4.73. The lowest BCUT2D eigenvalue weighted by Gasteiger charge is -2.11. The minimum atomic E-state index is -3.28. The summed E-state index contributed by atoms with van der Waals surface area (Å²) in [6.45, 7) is 0.0819. The maximum absolute atomic E-state index is 14.3. The molecular weight excluding hydrogens is 451 g/mol. The molecule has 1 heterocycles. The fourth-order valence-corrected chi connectivity index (χ4v) is 4.02. The van der Waals surface area contributed by atoms with Gasteiger partial charge in [-0.3, -0.25) is 9.59 Å². The van der Waals surface area contributed by atoms with Gasteiger partial charge < -0.3 is 20.1 Å². The lowest BCUT2D eigenvalue weighted by atomic mass is 10.1. The number of hydrogen-bond acceptors (Lipinski definition) is 6. The van der Waals surface area contributed by atoms with Crippen LogP contribution in [0.2, 0.25) is 0 Å². The lowest BCUT2D eigenvalue weighted by molar-refractivity contribution is 0.101. The van der Waals surface area contributed by atoms with Gasteiger partial charge in [0.2, 0.25) is 6.79 Å². The van der Waals surface area contributed by atoms with Gasteiger partial charge in [0, 0.05) is 23.1 Å². The first-order valence-electron chi connectivity index (χ1n) is 9.76. The molecule has 0 spiro atoms. The molecule has 0 aliphatic carbocycles. The van der Waals surface area contributed by atoms with Gasteiger partial charge in [0.15, 0.2) is 21.3 Å². The number of anilines is 2. The highest BCUT2D eigenvalue weighted by molar-refractivity contribution is 7.89. The minimum absolute atomic E-state index is 0.0819. The summed E-state index contributed by atoms with van der Waals surface area (Å²) in [5.41, 5.74) is 1.05. The van der Waals surface area contributed by atoms with Crippen LogP contribution in [0.5, 0.6) is 11.5 Å². The van der Waals surface area contributed by atoms with Crippen molar-refractivity contribution >= 4 is 33.0 Å². The second kappa shape index (κ2) is 8.91. The average molecular weight is 470 g/mol. The van der Waals surface area contributed by atoms with Crippen molar-refractivity contribution < 1.29 is 31.9 Å². The summed E-state index contributed by atoms with van der Waals surface area (Å²) < 4.78 is 47.8. The highest BCUT2D eigenvalue weighted by atomic mass is 32.2. The van der Waals surface area contributed by atoms with E-state index in [-0.39, 0.29) is 29.5 Å². The van der Waals surface area contributed by atoms with Gasteiger partial charge in [-0.25, -0.2) is 12.8 Å². The predicted octanol–water partition coefficient (Wildman–Crippen LogP) is 3.60. The van der Waals surface area contributed by atoms with Crippen molar-refractivity contribution in [3.8, 4) is 11.5 Å². The van der Waals surface area contributed by atoms with Gasteiger partial charge in [-0.05, 0) is 54.1 Å². The van der Waals surface area contributed by atoms with Crippen molar-refractivity contribution in [2.75, 3.05) is 23.7 Å². The summed E-state index contributed by atoms with van der Waals surface area (Å²) in [7, 11) is -3.28.